The summed E-state index contributed by atoms with van der Waals surface area (Å²) in [6, 6.07) is 6.96. The second kappa shape index (κ2) is 7.08. The molecule has 140 valence electrons. The predicted octanol–water partition coefficient (Wildman–Crippen LogP) is 1.93. The fraction of sp³-hybridized carbons (Fsp3) is 0.350. The van der Waals surface area contributed by atoms with Gasteiger partial charge in [0, 0.05) is 31.0 Å². The van der Waals surface area contributed by atoms with E-state index in [-0.39, 0.29) is 29.9 Å². The van der Waals surface area contributed by atoms with Crippen LogP contribution >= 0.6 is 0 Å². The molecule has 6 nitrogen and oxygen atoms in total. The van der Waals surface area contributed by atoms with Crippen LogP contribution in [0.3, 0.4) is 0 Å². The molecule has 1 aromatic heterocycles. The molecular formula is C20H20FN3O3. The van der Waals surface area contributed by atoms with E-state index in [0.29, 0.717) is 12.2 Å². The van der Waals surface area contributed by atoms with Crippen molar-refractivity contribution >= 4 is 11.8 Å². The average Bonchev–Trinajstić information content (AvgIpc) is 2.67. The maximum atomic E-state index is 13.0. The van der Waals surface area contributed by atoms with Crippen LogP contribution < -0.4 is 10.7 Å². The van der Waals surface area contributed by atoms with Gasteiger partial charge in [-0.15, -0.1) is 0 Å². The van der Waals surface area contributed by atoms with Crippen LogP contribution in [-0.2, 0) is 13.1 Å². The molecule has 2 aliphatic rings. The predicted molar refractivity (Wildman–Crippen MR) is 96.9 cm³/mol. The van der Waals surface area contributed by atoms with Gasteiger partial charge >= 0.3 is 0 Å². The first-order chi connectivity index (χ1) is 13.0. The zero-order valence-electron chi connectivity index (χ0n) is 14.8. The van der Waals surface area contributed by atoms with Gasteiger partial charge in [0.2, 0.25) is 5.91 Å². The molecule has 2 aromatic rings. The van der Waals surface area contributed by atoms with Crippen molar-refractivity contribution in [1.82, 2.24) is 14.8 Å². The maximum Gasteiger partial charge on any atom is 0.257 e. The minimum atomic E-state index is -0.543. The van der Waals surface area contributed by atoms with Crippen molar-refractivity contribution in [3.05, 3.63) is 69.4 Å². The molecule has 0 aliphatic carbocycles. The van der Waals surface area contributed by atoms with Gasteiger partial charge < -0.3 is 5.32 Å². The van der Waals surface area contributed by atoms with Gasteiger partial charge in [-0.05, 0) is 37.1 Å². The minimum absolute atomic E-state index is 0.0570. The van der Waals surface area contributed by atoms with Gasteiger partial charge in [-0.3, -0.25) is 23.9 Å². The Morgan fingerprint density at radius 3 is 2.74 bits per heavy atom. The van der Waals surface area contributed by atoms with Gasteiger partial charge in [0.25, 0.3) is 5.91 Å². The SMILES string of the molecule is O=C(NCc1ccc(F)cc1)c1cn2c(cc1=O)CN1CCCCC1C2=O. The van der Waals surface area contributed by atoms with Crippen LogP contribution in [0.15, 0.2) is 41.3 Å². The van der Waals surface area contributed by atoms with E-state index in [1.807, 2.05) is 0 Å². The third kappa shape index (κ3) is 3.42. The molecule has 4 rings (SSSR count). The summed E-state index contributed by atoms with van der Waals surface area (Å²) in [4.78, 5) is 39.8. The molecular weight excluding hydrogens is 349 g/mol. The maximum absolute atomic E-state index is 13.0. The third-order valence-electron chi connectivity index (χ3n) is 5.24. The lowest BCUT2D eigenvalue weighted by Gasteiger charge is -2.39. The number of pyridine rings is 1. The smallest absolute Gasteiger partial charge is 0.257 e. The number of benzene rings is 1. The van der Waals surface area contributed by atoms with E-state index in [1.165, 1.54) is 29.0 Å². The third-order valence-corrected chi connectivity index (χ3v) is 5.24. The lowest BCUT2D eigenvalue weighted by Crippen LogP contribution is -2.51. The highest BCUT2D eigenvalue weighted by atomic mass is 19.1. The molecule has 1 atom stereocenters. The Hall–Kier alpha value is -2.80. The summed E-state index contributed by atoms with van der Waals surface area (Å²) in [6.07, 6.45) is 4.23. The molecule has 1 amide bonds. The van der Waals surface area contributed by atoms with E-state index >= 15 is 0 Å². The monoisotopic (exact) mass is 369 g/mol. The quantitative estimate of drug-likeness (QED) is 0.897. The molecule has 0 spiro atoms. The molecule has 3 heterocycles. The van der Waals surface area contributed by atoms with E-state index in [9.17, 15) is 18.8 Å². The first-order valence-corrected chi connectivity index (χ1v) is 9.09. The summed E-state index contributed by atoms with van der Waals surface area (Å²) in [5, 5.41) is 2.66. The fourth-order valence-electron chi connectivity index (χ4n) is 3.78. The molecule has 2 aliphatic heterocycles. The van der Waals surface area contributed by atoms with Crippen molar-refractivity contribution in [3.8, 4) is 0 Å². The molecule has 0 radical (unpaired) electrons. The molecule has 0 saturated carbocycles. The number of rotatable bonds is 3. The van der Waals surface area contributed by atoms with Crippen LogP contribution in [0.5, 0.6) is 0 Å². The van der Waals surface area contributed by atoms with Crippen LogP contribution in [0.2, 0.25) is 0 Å². The number of carbonyl (C=O) groups excluding carboxylic acids is 2. The van der Waals surface area contributed by atoms with E-state index in [0.717, 1.165) is 31.4 Å². The second-order valence-electron chi connectivity index (χ2n) is 7.04. The second-order valence-corrected chi connectivity index (χ2v) is 7.04. The van der Waals surface area contributed by atoms with Crippen LogP contribution in [0.4, 0.5) is 4.39 Å². The van der Waals surface area contributed by atoms with Crippen LogP contribution in [0, 0.1) is 5.82 Å². The zero-order chi connectivity index (χ0) is 19.0. The van der Waals surface area contributed by atoms with Gasteiger partial charge in [0.15, 0.2) is 5.43 Å². The number of nitrogens with zero attached hydrogens (tertiary/aromatic N) is 2. The summed E-state index contributed by atoms with van der Waals surface area (Å²) < 4.78 is 14.4. The summed E-state index contributed by atoms with van der Waals surface area (Å²) >= 11 is 0. The van der Waals surface area contributed by atoms with Gasteiger partial charge in [-0.2, -0.15) is 0 Å². The highest BCUT2D eigenvalue weighted by Crippen LogP contribution is 2.25. The minimum Gasteiger partial charge on any atom is -0.348 e. The number of carbonyl (C=O) groups is 2. The number of nitrogens with one attached hydrogen (secondary N) is 1. The van der Waals surface area contributed by atoms with Gasteiger partial charge in [0.1, 0.15) is 11.4 Å². The Bertz CT molecular complexity index is 952. The highest BCUT2D eigenvalue weighted by Gasteiger charge is 2.35. The Balaban J connectivity index is 1.56. The average molecular weight is 369 g/mol. The molecule has 7 heteroatoms. The van der Waals surface area contributed by atoms with Crippen molar-refractivity contribution in [2.45, 2.75) is 38.4 Å². The molecule has 1 unspecified atom stereocenters. The summed E-state index contributed by atoms with van der Waals surface area (Å²) in [7, 11) is 0. The van der Waals surface area contributed by atoms with Gasteiger partial charge in [-0.25, -0.2) is 4.39 Å². The van der Waals surface area contributed by atoms with Crippen molar-refractivity contribution in [1.29, 1.82) is 0 Å². The Labute approximate surface area is 155 Å². The van der Waals surface area contributed by atoms with E-state index in [4.69, 9.17) is 0 Å². The standard InChI is InChI=1S/C20H20FN3O3/c21-14-6-4-13(5-7-14)10-22-19(26)16-12-24-15(9-18(16)25)11-23-8-2-1-3-17(23)20(24)27/h4-7,9,12,17H,1-3,8,10-11H2,(H,22,26). The summed E-state index contributed by atoms with van der Waals surface area (Å²) in [5.41, 5.74) is 0.884. The molecule has 1 saturated heterocycles. The number of hydrogen-bond acceptors (Lipinski definition) is 4. The van der Waals surface area contributed by atoms with Crippen molar-refractivity contribution in [2.75, 3.05) is 6.54 Å². The van der Waals surface area contributed by atoms with Crippen LogP contribution in [0.1, 0.15) is 45.7 Å². The number of hydrogen-bond donors (Lipinski definition) is 1. The molecule has 1 aromatic carbocycles. The van der Waals surface area contributed by atoms with E-state index in [1.54, 1.807) is 12.1 Å². The highest BCUT2D eigenvalue weighted by molar-refractivity contribution is 5.95. The number of piperidine rings is 1. The van der Waals surface area contributed by atoms with Gasteiger partial charge in [-0.1, -0.05) is 18.6 Å². The Morgan fingerprint density at radius 1 is 1.19 bits per heavy atom. The normalized spacial score (nSPS) is 19.3. The molecule has 27 heavy (non-hydrogen) atoms. The van der Waals surface area contributed by atoms with Crippen LogP contribution in [0.25, 0.3) is 0 Å². The number of aromatic nitrogens is 1. The lowest BCUT2D eigenvalue weighted by atomic mass is 9.98. The first-order valence-electron chi connectivity index (χ1n) is 9.09. The van der Waals surface area contributed by atoms with Crippen molar-refractivity contribution in [2.24, 2.45) is 0 Å². The van der Waals surface area contributed by atoms with Crippen LogP contribution in [-0.4, -0.2) is 33.9 Å². The summed E-state index contributed by atoms with van der Waals surface area (Å²) in [5.74, 6) is -0.977. The number of amides is 1. The van der Waals surface area contributed by atoms with E-state index in [2.05, 4.69) is 10.2 Å². The molecule has 1 N–H and O–H groups in total. The molecule has 1 fully saturated rings. The van der Waals surface area contributed by atoms with Crippen molar-refractivity contribution in [3.63, 3.8) is 0 Å². The first kappa shape index (κ1) is 17.6. The van der Waals surface area contributed by atoms with Gasteiger partial charge in [0.05, 0.1) is 6.04 Å². The van der Waals surface area contributed by atoms with Crippen molar-refractivity contribution < 1.29 is 14.0 Å². The fourth-order valence-corrected chi connectivity index (χ4v) is 3.78. The molecule has 0 bridgehead atoms. The Morgan fingerprint density at radius 2 is 1.96 bits per heavy atom. The van der Waals surface area contributed by atoms with E-state index < -0.39 is 11.3 Å². The summed E-state index contributed by atoms with van der Waals surface area (Å²) in [6.45, 7) is 1.57. The number of halogens is 1. The lowest BCUT2D eigenvalue weighted by molar-refractivity contribution is 0.0552. The number of fused-ring (bicyclic) bond motifs is 2. The zero-order valence-corrected chi connectivity index (χ0v) is 14.8. The topological polar surface area (TPSA) is 71.4 Å². The Kier molecular flexibility index (Phi) is 4.61. The largest absolute Gasteiger partial charge is 0.348 e.